The summed E-state index contributed by atoms with van der Waals surface area (Å²) < 4.78 is 0. The number of nitrogens with zero attached hydrogens (tertiary/aromatic N) is 3. The van der Waals surface area contributed by atoms with Crippen LogP contribution in [0.3, 0.4) is 0 Å². The van der Waals surface area contributed by atoms with Gasteiger partial charge in [0.05, 0.1) is 4.92 Å². The first-order chi connectivity index (χ1) is 10.5. The normalized spacial score (nSPS) is 15.0. The highest BCUT2D eigenvalue weighted by atomic mass is 35.5. The lowest BCUT2D eigenvalue weighted by molar-refractivity contribution is -0.385. The fraction of sp³-hybridized carbons (Fsp3) is 0.429. The number of hydrogen-bond acceptors (Lipinski definition) is 5. The lowest BCUT2D eigenvalue weighted by Crippen LogP contribution is -2.26. The minimum atomic E-state index is -0.697. The van der Waals surface area contributed by atoms with E-state index in [1.54, 1.807) is 4.90 Å². The van der Waals surface area contributed by atoms with Crippen LogP contribution in [0.2, 0.25) is 5.02 Å². The summed E-state index contributed by atoms with van der Waals surface area (Å²) in [5.41, 5.74) is -0.243. The smallest absolute Gasteiger partial charge is 0.312 e. The molecule has 1 aromatic rings. The highest BCUT2D eigenvalue weighted by molar-refractivity contribution is 6.31. The number of aliphatic imine (C=N–C) groups is 1. The summed E-state index contributed by atoms with van der Waals surface area (Å²) in [4.78, 5) is 27.4. The van der Waals surface area contributed by atoms with Crippen LogP contribution in [0.15, 0.2) is 17.1 Å². The molecule has 7 nitrogen and oxygen atoms in total. The third kappa shape index (κ3) is 3.94. The molecule has 1 aliphatic rings. The van der Waals surface area contributed by atoms with Gasteiger partial charge in [0.1, 0.15) is 0 Å². The Balaban J connectivity index is 1.92. The molecular weight excluding hydrogens is 310 g/mol. The van der Waals surface area contributed by atoms with Gasteiger partial charge in [-0.3, -0.25) is 19.9 Å². The van der Waals surface area contributed by atoms with Crippen LogP contribution < -0.4 is 0 Å². The Labute approximate surface area is 132 Å². The van der Waals surface area contributed by atoms with Crippen LogP contribution in [0.5, 0.6) is 5.75 Å². The minimum absolute atomic E-state index is 0.161. The molecule has 0 aliphatic carbocycles. The third-order valence-electron chi connectivity index (χ3n) is 3.40. The number of rotatable bonds is 6. The number of phenols is 1. The van der Waals surface area contributed by atoms with Gasteiger partial charge in [-0.25, -0.2) is 0 Å². The molecule has 8 heteroatoms. The number of aromatic hydroxyl groups is 1. The topological polar surface area (TPSA) is 96.0 Å². The fourth-order valence-electron chi connectivity index (χ4n) is 2.30. The number of likely N-dealkylation sites (tertiary alicyclic amines) is 1. The van der Waals surface area contributed by atoms with Crippen molar-refractivity contribution in [3.05, 3.63) is 32.8 Å². The van der Waals surface area contributed by atoms with E-state index in [-0.39, 0.29) is 16.5 Å². The molecule has 1 fully saturated rings. The monoisotopic (exact) mass is 325 g/mol. The van der Waals surface area contributed by atoms with Crippen molar-refractivity contribution in [3.63, 3.8) is 0 Å². The summed E-state index contributed by atoms with van der Waals surface area (Å²) in [6.45, 7) is 1.91. The van der Waals surface area contributed by atoms with E-state index < -0.39 is 16.4 Å². The van der Waals surface area contributed by atoms with Crippen LogP contribution in [0.1, 0.15) is 24.8 Å². The van der Waals surface area contributed by atoms with Gasteiger partial charge in [0, 0.05) is 48.9 Å². The largest absolute Gasteiger partial charge is 0.502 e. The number of phenolic OH excluding ortho intramolecular Hbond substituents is 1. The Bertz CT molecular complexity index is 618. The maximum Gasteiger partial charge on any atom is 0.312 e. The van der Waals surface area contributed by atoms with Crippen molar-refractivity contribution in [2.24, 2.45) is 4.99 Å². The molecule has 1 N–H and O–H groups in total. The van der Waals surface area contributed by atoms with Crippen LogP contribution >= 0.6 is 11.6 Å². The second kappa shape index (κ2) is 7.22. The van der Waals surface area contributed by atoms with E-state index in [2.05, 4.69) is 4.99 Å². The van der Waals surface area contributed by atoms with Crippen LogP contribution in [0, 0.1) is 10.1 Å². The number of amides is 1. The molecule has 0 atom stereocenters. The van der Waals surface area contributed by atoms with Crippen molar-refractivity contribution in [3.8, 4) is 5.75 Å². The predicted octanol–water partition coefficient (Wildman–Crippen LogP) is 2.39. The third-order valence-corrected chi connectivity index (χ3v) is 3.62. The molecule has 0 spiro atoms. The Morgan fingerprint density at radius 3 is 2.91 bits per heavy atom. The molecule has 0 saturated carbocycles. The van der Waals surface area contributed by atoms with Crippen molar-refractivity contribution in [2.75, 3.05) is 19.6 Å². The van der Waals surface area contributed by atoms with Crippen molar-refractivity contribution >= 4 is 29.4 Å². The standard InChI is InChI=1S/C14H16ClN3O4/c15-11-7-10(14(20)12(8-11)18(21)22)9-16-4-2-6-17-5-1-3-13(17)19/h7-9,20H,1-6H2. The number of benzene rings is 1. The first kappa shape index (κ1) is 16.2. The molecule has 1 amide bonds. The summed E-state index contributed by atoms with van der Waals surface area (Å²) in [5.74, 6) is -0.278. The maximum absolute atomic E-state index is 11.4. The molecule has 2 rings (SSSR count). The second-order valence-corrected chi connectivity index (χ2v) is 5.43. The fourth-order valence-corrected chi connectivity index (χ4v) is 2.52. The zero-order chi connectivity index (χ0) is 16.1. The average Bonchev–Trinajstić information content (AvgIpc) is 2.87. The zero-order valence-corrected chi connectivity index (χ0v) is 12.6. The summed E-state index contributed by atoms with van der Waals surface area (Å²) >= 11 is 5.79. The van der Waals surface area contributed by atoms with E-state index >= 15 is 0 Å². The Hall–Kier alpha value is -2.15. The van der Waals surface area contributed by atoms with Crippen LogP contribution in [-0.4, -0.2) is 46.7 Å². The number of carbonyl (C=O) groups excluding carboxylic acids is 1. The summed E-state index contributed by atoms with van der Waals surface area (Å²) in [7, 11) is 0. The van der Waals surface area contributed by atoms with Gasteiger partial charge in [0.25, 0.3) is 0 Å². The Morgan fingerprint density at radius 1 is 1.50 bits per heavy atom. The number of halogens is 1. The van der Waals surface area contributed by atoms with E-state index in [4.69, 9.17) is 11.6 Å². The van der Waals surface area contributed by atoms with E-state index in [0.717, 1.165) is 19.0 Å². The molecule has 1 aliphatic heterocycles. The maximum atomic E-state index is 11.4. The highest BCUT2D eigenvalue weighted by Gasteiger charge is 2.19. The molecule has 1 heterocycles. The van der Waals surface area contributed by atoms with Gasteiger partial charge < -0.3 is 10.0 Å². The first-order valence-electron chi connectivity index (χ1n) is 6.93. The van der Waals surface area contributed by atoms with Crippen molar-refractivity contribution < 1.29 is 14.8 Å². The molecule has 118 valence electrons. The van der Waals surface area contributed by atoms with Gasteiger partial charge in [0.15, 0.2) is 0 Å². The van der Waals surface area contributed by atoms with Crippen molar-refractivity contribution in [2.45, 2.75) is 19.3 Å². The van der Waals surface area contributed by atoms with Gasteiger partial charge in [-0.1, -0.05) is 11.6 Å². The lowest BCUT2D eigenvalue weighted by Gasteiger charge is -2.13. The van der Waals surface area contributed by atoms with Crippen LogP contribution in [-0.2, 0) is 4.79 Å². The van der Waals surface area contributed by atoms with Gasteiger partial charge in [0.2, 0.25) is 11.7 Å². The first-order valence-corrected chi connectivity index (χ1v) is 7.31. The SMILES string of the molecule is O=C1CCCN1CCCN=Cc1cc(Cl)cc([N+](=O)[O-])c1O. The minimum Gasteiger partial charge on any atom is -0.502 e. The quantitative estimate of drug-likeness (QED) is 0.376. The van der Waals surface area contributed by atoms with Crippen LogP contribution in [0.25, 0.3) is 0 Å². The number of hydrogen-bond donors (Lipinski definition) is 1. The predicted molar refractivity (Wildman–Crippen MR) is 82.7 cm³/mol. The Kier molecular flexibility index (Phi) is 5.32. The zero-order valence-electron chi connectivity index (χ0n) is 11.9. The molecular formula is C14H16ClN3O4. The van der Waals surface area contributed by atoms with Crippen molar-refractivity contribution in [1.29, 1.82) is 0 Å². The van der Waals surface area contributed by atoms with E-state index in [1.165, 1.54) is 12.3 Å². The molecule has 0 bridgehead atoms. The number of carbonyl (C=O) groups is 1. The number of nitro benzene ring substituents is 1. The Morgan fingerprint density at radius 2 is 2.27 bits per heavy atom. The van der Waals surface area contributed by atoms with Gasteiger partial charge in [-0.15, -0.1) is 0 Å². The lowest BCUT2D eigenvalue weighted by atomic mass is 10.2. The van der Waals surface area contributed by atoms with E-state index in [9.17, 15) is 20.0 Å². The van der Waals surface area contributed by atoms with Gasteiger partial charge >= 0.3 is 5.69 Å². The molecule has 0 unspecified atom stereocenters. The molecule has 22 heavy (non-hydrogen) atoms. The average molecular weight is 326 g/mol. The molecule has 0 radical (unpaired) electrons. The summed E-state index contributed by atoms with van der Waals surface area (Å²) in [6.07, 6.45) is 3.58. The number of nitro groups is 1. The van der Waals surface area contributed by atoms with Gasteiger partial charge in [-0.05, 0) is 18.9 Å². The summed E-state index contributed by atoms with van der Waals surface area (Å²) in [6, 6.07) is 2.50. The summed E-state index contributed by atoms with van der Waals surface area (Å²) in [5, 5.41) is 20.7. The molecule has 1 saturated heterocycles. The van der Waals surface area contributed by atoms with Gasteiger partial charge in [-0.2, -0.15) is 0 Å². The second-order valence-electron chi connectivity index (χ2n) is 4.99. The molecule has 1 aromatic carbocycles. The van der Waals surface area contributed by atoms with Crippen molar-refractivity contribution in [1.82, 2.24) is 4.90 Å². The highest BCUT2D eigenvalue weighted by Crippen LogP contribution is 2.32. The van der Waals surface area contributed by atoms with E-state index in [0.29, 0.717) is 25.9 Å². The van der Waals surface area contributed by atoms with Crippen LogP contribution in [0.4, 0.5) is 5.69 Å². The molecule has 0 aromatic heterocycles. The van der Waals surface area contributed by atoms with E-state index in [1.807, 2.05) is 0 Å².